The van der Waals surface area contributed by atoms with Gasteiger partial charge < -0.3 is 0 Å². The first kappa shape index (κ1) is 19.5. The van der Waals surface area contributed by atoms with E-state index >= 15 is 0 Å². The third-order valence-electron chi connectivity index (χ3n) is 4.85. The Labute approximate surface area is 177 Å². The third kappa shape index (κ3) is 4.44. The molecule has 5 heteroatoms. The second-order valence-corrected chi connectivity index (χ2v) is 13.4. The number of nitrogens with zero attached hydrogens (tertiary/aromatic N) is 3. The number of halogens is 1. The summed E-state index contributed by atoms with van der Waals surface area (Å²) in [5, 5.41) is 1.60. The highest BCUT2D eigenvalue weighted by molar-refractivity contribution is 6.88. The predicted molar refractivity (Wildman–Crippen MR) is 124 cm³/mol. The Kier molecular flexibility index (Phi) is 5.31. The Morgan fingerprint density at radius 2 is 1.17 bits per heavy atom. The van der Waals surface area contributed by atoms with Gasteiger partial charge in [-0.3, -0.25) is 0 Å². The fourth-order valence-corrected chi connectivity index (χ4v) is 4.52. The van der Waals surface area contributed by atoms with Gasteiger partial charge in [-0.2, -0.15) is 9.97 Å². The summed E-state index contributed by atoms with van der Waals surface area (Å²) >= 11 is 6.26. The number of aromatic nitrogens is 3. The van der Waals surface area contributed by atoms with E-state index in [1.54, 1.807) is 0 Å². The second-order valence-electron chi connectivity index (χ2n) is 8.03. The Bertz CT molecular complexity index is 1140. The third-order valence-corrected chi connectivity index (χ3v) is 7.08. The summed E-state index contributed by atoms with van der Waals surface area (Å²) in [6, 6.07) is 26.9. The molecule has 4 rings (SSSR count). The highest BCUT2D eigenvalue weighted by Gasteiger charge is 2.17. The van der Waals surface area contributed by atoms with E-state index in [4.69, 9.17) is 16.6 Å². The molecule has 29 heavy (non-hydrogen) atoms. The molecule has 0 saturated carbocycles. The van der Waals surface area contributed by atoms with Crippen LogP contribution in [0.15, 0.2) is 78.9 Å². The van der Waals surface area contributed by atoms with Gasteiger partial charge in [-0.15, -0.1) is 0 Å². The van der Waals surface area contributed by atoms with Gasteiger partial charge in [-0.1, -0.05) is 97.6 Å². The van der Waals surface area contributed by atoms with E-state index in [1.807, 2.05) is 30.3 Å². The van der Waals surface area contributed by atoms with Crippen LogP contribution in [0.25, 0.3) is 33.9 Å². The standard InChI is InChI=1S/C24H22ClN3Si/c1-29(2,3)21-14-12-18(13-15-21)22-26-23(28-24(25)27-22)20-11-7-10-19(16-20)17-8-5-4-6-9-17/h4-16H,1-3H3. The van der Waals surface area contributed by atoms with Crippen LogP contribution in [0, 0.1) is 0 Å². The highest BCUT2D eigenvalue weighted by Crippen LogP contribution is 2.26. The van der Waals surface area contributed by atoms with Gasteiger partial charge in [0.05, 0.1) is 8.07 Å². The fraction of sp³-hybridized carbons (Fsp3) is 0.125. The summed E-state index contributed by atoms with van der Waals surface area (Å²) < 4.78 is 0. The summed E-state index contributed by atoms with van der Waals surface area (Å²) in [5.41, 5.74) is 4.12. The topological polar surface area (TPSA) is 38.7 Å². The molecule has 0 saturated heterocycles. The van der Waals surface area contributed by atoms with Crippen LogP contribution in [0.5, 0.6) is 0 Å². The van der Waals surface area contributed by atoms with E-state index in [1.165, 1.54) is 5.19 Å². The molecule has 0 fully saturated rings. The number of rotatable bonds is 4. The van der Waals surface area contributed by atoms with Crippen LogP contribution in [-0.2, 0) is 0 Å². The van der Waals surface area contributed by atoms with Crippen molar-refractivity contribution in [2.24, 2.45) is 0 Å². The zero-order valence-electron chi connectivity index (χ0n) is 16.7. The highest BCUT2D eigenvalue weighted by atomic mass is 35.5. The molecule has 144 valence electrons. The number of hydrogen-bond donors (Lipinski definition) is 0. The summed E-state index contributed by atoms with van der Waals surface area (Å²) in [4.78, 5) is 13.4. The minimum atomic E-state index is -1.35. The fourth-order valence-electron chi connectivity index (χ4n) is 3.20. The summed E-state index contributed by atoms with van der Waals surface area (Å²) in [6.07, 6.45) is 0. The maximum atomic E-state index is 6.26. The first-order chi connectivity index (χ1) is 13.9. The SMILES string of the molecule is C[Si](C)(C)c1ccc(-c2nc(Cl)nc(-c3cccc(-c4ccccc4)c3)n2)cc1. The Hall–Kier alpha value is -2.82. The molecule has 0 aliphatic carbocycles. The molecular weight excluding hydrogens is 394 g/mol. The van der Waals surface area contributed by atoms with Crippen molar-refractivity contribution in [3.8, 4) is 33.9 Å². The van der Waals surface area contributed by atoms with Crippen molar-refractivity contribution in [1.29, 1.82) is 0 Å². The average molecular weight is 416 g/mol. The molecule has 1 aromatic heterocycles. The van der Waals surface area contributed by atoms with Gasteiger partial charge in [0, 0.05) is 11.1 Å². The van der Waals surface area contributed by atoms with Gasteiger partial charge in [-0.05, 0) is 28.8 Å². The molecule has 1 heterocycles. The zero-order chi connectivity index (χ0) is 20.4. The van der Waals surface area contributed by atoms with Crippen molar-refractivity contribution in [2.75, 3.05) is 0 Å². The number of hydrogen-bond acceptors (Lipinski definition) is 3. The molecule has 0 aliphatic rings. The van der Waals surface area contributed by atoms with Gasteiger partial charge in [0.15, 0.2) is 11.6 Å². The van der Waals surface area contributed by atoms with Crippen LogP contribution >= 0.6 is 11.6 Å². The minimum absolute atomic E-state index is 0.199. The van der Waals surface area contributed by atoms with E-state index in [-0.39, 0.29) is 5.28 Å². The normalized spacial score (nSPS) is 11.4. The van der Waals surface area contributed by atoms with Gasteiger partial charge in [0.2, 0.25) is 5.28 Å². The molecule has 0 aliphatic heterocycles. The molecule has 0 amide bonds. The van der Waals surface area contributed by atoms with E-state index in [0.717, 1.165) is 22.3 Å². The molecule has 0 N–H and O–H groups in total. The first-order valence-electron chi connectivity index (χ1n) is 9.58. The molecule has 0 unspecified atom stereocenters. The molecule has 0 spiro atoms. The van der Waals surface area contributed by atoms with Crippen molar-refractivity contribution in [2.45, 2.75) is 19.6 Å². The quantitative estimate of drug-likeness (QED) is 0.379. The lowest BCUT2D eigenvalue weighted by Gasteiger charge is -2.16. The molecule has 0 bridgehead atoms. The molecule has 0 radical (unpaired) electrons. The maximum Gasteiger partial charge on any atom is 0.226 e. The minimum Gasteiger partial charge on any atom is -0.208 e. The van der Waals surface area contributed by atoms with Crippen molar-refractivity contribution in [3.63, 3.8) is 0 Å². The first-order valence-corrected chi connectivity index (χ1v) is 13.5. The average Bonchev–Trinajstić information content (AvgIpc) is 2.73. The van der Waals surface area contributed by atoms with Gasteiger partial charge in [0.25, 0.3) is 0 Å². The lowest BCUT2D eigenvalue weighted by molar-refractivity contribution is 1.07. The predicted octanol–water partition coefficient (Wildman–Crippen LogP) is 6.07. The van der Waals surface area contributed by atoms with Gasteiger partial charge in [-0.25, -0.2) is 4.98 Å². The smallest absolute Gasteiger partial charge is 0.208 e. The monoisotopic (exact) mass is 415 g/mol. The van der Waals surface area contributed by atoms with Crippen LogP contribution in [0.1, 0.15) is 0 Å². The van der Waals surface area contributed by atoms with Crippen LogP contribution < -0.4 is 5.19 Å². The summed E-state index contributed by atoms with van der Waals surface area (Å²) in [7, 11) is -1.35. The van der Waals surface area contributed by atoms with Crippen molar-refractivity contribution >= 4 is 24.9 Å². The molecule has 3 aromatic carbocycles. The second kappa shape index (κ2) is 7.89. The summed E-state index contributed by atoms with van der Waals surface area (Å²) in [5.74, 6) is 1.17. The lowest BCUT2D eigenvalue weighted by atomic mass is 10.0. The molecule has 0 atom stereocenters. The van der Waals surface area contributed by atoms with Crippen molar-refractivity contribution in [3.05, 3.63) is 84.1 Å². The molecular formula is C24H22ClN3Si. The maximum absolute atomic E-state index is 6.26. The van der Waals surface area contributed by atoms with Crippen molar-refractivity contribution in [1.82, 2.24) is 15.0 Å². The molecule has 4 aromatic rings. The van der Waals surface area contributed by atoms with E-state index in [9.17, 15) is 0 Å². The number of benzene rings is 3. The Morgan fingerprint density at radius 1 is 0.586 bits per heavy atom. The van der Waals surface area contributed by atoms with E-state index in [0.29, 0.717) is 11.6 Å². The van der Waals surface area contributed by atoms with E-state index < -0.39 is 8.07 Å². The van der Waals surface area contributed by atoms with Gasteiger partial charge >= 0.3 is 0 Å². The van der Waals surface area contributed by atoms with E-state index in [2.05, 4.69) is 78.1 Å². The lowest BCUT2D eigenvalue weighted by Crippen LogP contribution is -2.37. The van der Waals surface area contributed by atoms with Crippen LogP contribution in [0.2, 0.25) is 24.9 Å². The largest absolute Gasteiger partial charge is 0.226 e. The summed E-state index contributed by atoms with van der Waals surface area (Å²) in [6.45, 7) is 7.00. The van der Waals surface area contributed by atoms with Crippen LogP contribution in [0.3, 0.4) is 0 Å². The van der Waals surface area contributed by atoms with Crippen molar-refractivity contribution < 1.29 is 0 Å². The van der Waals surface area contributed by atoms with Crippen LogP contribution in [-0.4, -0.2) is 23.0 Å². The van der Waals surface area contributed by atoms with Gasteiger partial charge in [0.1, 0.15) is 0 Å². The molecule has 3 nitrogen and oxygen atoms in total. The Balaban J connectivity index is 1.73. The zero-order valence-corrected chi connectivity index (χ0v) is 18.5. The van der Waals surface area contributed by atoms with Crippen LogP contribution in [0.4, 0.5) is 0 Å². The Morgan fingerprint density at radius 3 is 1.83 bits per heavy atom.